The molecule has 1 N–H and O–H groups in total. The summed E-state index contributed by atoms with van der Waals surface area (Å²) in [5.41, 5.74) is 0.945. The summed E-state index contributed by atoms with van der Waals surface area (Å²) in [5, 5.41) is 14.6. The number of rotatable bonds is 4. The van der Waals surface area contributed by atoms with E-state index in [0.29, 0.717) is 10.0 Å². The Hall–Kier alpha value is -3.00. The Morgan fingerprint density at radius 1 is 1.07 bits per heavy atom. The van der Waals surface area contributed by atoms with E-state index in [1.54, 1.807) is 25.3 Å². The number of benzene rings is 3. The van der Waals surface area contributed by atoms with E-state index in [0.717, 1.165) is 22.1 Å². The van der Waals surface area contributed by atoms with Gasteiger partial charge in [0.2, 0.25) is 0 Å². The van der Waals surface area contributed by atoms with Crippen LogP contribution in [-0.2, 0) is 4.79 Å². The van der Waals surface area contributed by atoms with Crippen LogP contribution in [0.15, 0.2) is 60.2 Å². The molecule has 0 spiro atoms. The summed E-state index contributed by atoms with van der Waals surface area (Å²) in [6.07, 6.45) is 1.52. The van der Waals surface area contributed by atoms with E-state index in [4.69, 9.17) is 27.9 Å². The van der Waals surface area contributed by atoms with Crippen LogP contribution in [0.5, 0.6) is 5.75 Å². The van der Waals surface area contributed by atoms with Crippen LogP contribution in [0.4, 0.5) is 5.69 Å². The number of fused-ring (bicyclic) bond motifs is 1. The second kappa shape index (κ2) is 8.13. The Morgan fingerprint density at radius 2 is 1.74 bits per heavy atom. The standard InChI is InChI=1S/C21H14Cl2N2O2/c1-27-17-8-7-14-9-13(5-6-15(14)11-17)10-16(12-24)21(26)25-20-18(22)3-2-4-19(20)23/h2-11H,1H3,(H,25,26)/b16-10+. The molecule has 0 saturated heterocycles. The molecule has 0 aromatic heterocycles. The fraction of sp³-hybridized carbons (Fsp3) is 0.0476. The molecule has 6 heteroatoms. The molecule has 0 fully saturated rings. The summed E-state index contributed by atoms with van der Waals surface area (Å²) in [6, 6.07) is 18.1. The molecule has 3 aromatic carbocycles. The highest BCUT2D eigenvalue weighted by molar-refractivity contribution is 6.40. The minimum Gasteiger partial charge on any atom is -0.497 e. The number of methoxy groups -OCH3 is 1. The number of nitriles is 1. The fourth-order valence-corrected chi connectivity index (χ4v) is 3.06. The molecule has 0 atom stereocenters. The van der Waals surface area contributed by atoms with E-state index < -0.39 is 5.91 Å². The normalized spacial score (nSPS) is 11.1. The number of anilines is 1. The van der Waals surface area contributed by atoms with Gasteiger partial charge in [-0.3, -0.25) is 4.79 Å². The topological polar surface area (TPSA) is 62.1 Å². The smallest absolute Gasteiger partial charge is 0.266 e. The first-order valence-electron chi connectivity index (χ1n) is 7.97. The highest BCUT2D eigenvalue weighted by atomic mass is 35.5. The highest BCUT2D eigenvalue weighted by Crippen LogP contribution is 2.30. The monoisotopic (exact) mass is 396 g/mol. The third-order valence-electron chi connectivity index (χ3n) is 3.95. The third kappa shape index (κ3) is 4.22. The van der Waals surface area contributed by atoms with E-state index in [9.17, 15) is 10.1 Å². The van der Waals surface area contributed by atoms with Gasteiger partial charge in [-0.2, -0.15) is 5.26 Å². The number of ether oxygens (including phenoxy) is 1. The molecule has 134 valence electrons. The van der Waals surface area contributed by atoms with Crippen LogP contribution < -0.4 is 10.1 Å². The second-order valence-corrected chi connectivity index (χ2v) is 6.51. The summed E-state index contributed by atoms with van der Waals surface area (Å²) in [6.45, 7) is 0. The third-order valence-corrected chi connectivity index (χ3v) is 4.58. The Labute approximate surface area is 166 Å². The van der Waals surface area contributed by atoms with Gasteiger partial charge in [0, 0.05) is 0 Å². The molecule has 0 aliphatic carbocycles. The maximum absolute atomic E-state index is 12.5. The number of carbonyl (C=O) groups excluding carboxylic acids is 1. The van der Waals surface area contributed by atoms with Crippen molar-refractivity contribution in [1.29, 1.82) is 5.26 Å². The number of carbonyl (C=O) groups is 1. The summed E-state index contributed by atoms with van der Waals surface area (Å²) in [5.74, 6) is 0.182. The first-order valence-corrected chi connectivity index (χ1v) is 8.72. The molecule has 0 aliphatic rings. The largest absolute Gasteiger partial charge is 0.497 e. The Kier molecular flexibility index (Phi) is 5.66. The molecule has 0 unspecified atom stereocenters. The van der Waals surface area contributed by atoms with Crippen molar-refractivity contribution in [3.63, 3.8) is 0 Å². The van der Waals surface area contributed by atoms with Crippen LogP contribution >= 0.6 is 23.2 Å². The first-order chi connectivity index (χ1) is 13.0. The Morgan fingerprint density at radius 3 is 2.41 bits per heavy atom. The number of nitrogens with one attached hydrogen (secondary N) is 1. The predicted octanol–water partition coefficient (Wildman–Crippen LogP) is 5.70. The van der Waals surface area contributed by atoms with Crippen molar-refractivity contribution in [3.8, 4) is 11.8 Å². The van der Waals surface area contributed by atoms with E-state index in [1.807, 2.05) is 42.5 Å². The van der Waals surface area contributed by atoms with Crippen molar-refractivity contribution in [2.24, 2.45) is 0 Å². The molecule has 0 aliphatic heterocycles. The molecule has 3 aromatic rings. The summed E-state index contributed by atoms with van der Waals surface area (Å²) < 4.78 is 5.21. The van der Waals surface area contributed by atoms with Crippen molar-refractivity contribution in [3.05, 3.63) is 75.8 Å². The molecule has 0 bridgehead atoms. The van der Waals surface area contributed by atoms with E-state index >= 15 is 0 Å². The Bertz CT molecular complexity index is 1080. The molecule has 0 saturated carbocycles. The molecule has 27 heavy (non-hydrogen) atoms. The second-order valence-electron chi connectivity index (χ2n) is 5.69. The Balaban J connectivity index is 1.90. The van der Waals surface area contributed by atoms with Gasteiger partial charge in [0.25, 0.3) is 5.91 Å². The van der Waals surface area contributed by atoms with Crippen molar-refractivity contribution in [2.45, 2.75) is 0 Å². The molecular weight excluding hydrogens is 383 g/mol. The van der Waals surface area contributed by atoms with Gasteiger partial charge in [-0.15, -0.1) is 0 Å². The summed E-state index contributed by atoms with van der Waals surface area (Å²) in [4.78, 5) is 12.5. The molecule has 4 nitrogen and oxygen atoms in total. The lowest BCUT2D eigenvalue weighted by Gasteiger charge is -2.08. The number of halogens is 2. The number of hydrogen-bond donors (Lipinski definition) is 1. The van der Waals surface area contributed by atoms with E-state index in [-0.39, 0.29) is 11.3 Å². The summed E-state index contributed by atoms with van der Waals surface area (Å²) >= 11 is 12.1. The predicted molar refractivity (Wildman–Crippen MR) is 109 cm³/mol. The van der Waals surface area contributed by atoms with Gasteiger partial charge in [0.1, 0.15) is 17.4 Å². The van der Waals surface area contributed by atoms with Crippen molar-refractivity contribution >= 4 is 51.6 Å². The molecule has 1 amide bonds. The zero-order valence-corrected chi connectivity index (χ0v) is 15.8. The van der Waals surface area contributed by atoms with Crippen LogP contribution in [0.1, 0.15) is 5.56 Å². The zero-order valence-electron chi connectivity index (χ0n) is 14.3. The van der Waals surface area contributed by atoms with Crippen LogP contribution in [-0.4, -0.2) is 13.0 Å². The zero-order chi connectivity index (χ0) is 19.4. The van der Waals surface area contributed by atoms with Crippen molar-refractivity contribution in [2.75, 3.05) is 12.4 Å². The van der Waals surface area contributed by atoms with Crippen molar-refractivity contribution < 1.29 is 9.53 Å². The van der Waals surface area contributed by atoms with Gasteiger partial charge >= 0.3 is 0 Å². The summed E-state index contributed by atoms with van der Waals surface area (Å²) in [7, 11) is 1.61. The van der Waals surface area contributed by atoms with Gasteiger partial charge in [-0.05, 0) is 52.7 Å². The lowest BCUT2D eigenvalue weighted by molar-refractivity contribution is -0.112. The quantitative estimate of drug-likeness (QED) is 0.454. The van der Waals surface area contributed by atoms with Gasteiger partial charge in [-0.25, -0.2) is 0 Å². The fourth-order valence-electron chi connectivity index (χ4n) is 2.57. The van der Waals surface area contributed by atoms with E-state index in [1.165, 1.54) is 6.08 Å². The minimum atomic E-state index is -0.581. The SMILES string of the molecule is COc1ccc2cc(/C=C(\C#N)C(=O)Nc3c(Cl)cccc3Cl)ccc2c1. The van der Waals surface area contributed by atoms with Crippen molar-refractivity contribution in [1.82, 2.24) is 0 Å². The molecular formula is C21H14Cl2N2O2. The van der Waals surface area contributed by atoms with Crippen LogP contribution in [0.3, 0.4) is 0 Å². The number of hydrogen-bond acceptors (Lipinski definition) is 3. The van der Waals surface area contributed by atoms with E-state index in [2.05, 4.69) is 5.32 Å². The van der Waals surface area contributed by atoms with Gasteiger partial charge in [0.15, 0.2) is 0 Å². The van der Waals surface area contributed by atoms with Crippen LogP contribution in [0.2, 0.25) is 10.0 Å². The lowest BCUT2D eigenvalue weighted by atomic mass is 10.0. The first kappa shape index (κ1) is 18.8. The molecule has 0 radical (unpaired) electrons. The molecule has 3 rings (SSSR count). The maximum Gasteiger partial charge on any atom is 0.266 e. The van der Waals surface area contributed by atoms with Crippen LogP contribution in [0, 0.1) is 11.3 Å². The molecule has 0 heterocycles. The average molecular weight is 397 g/mol. The minimum absolute atomic E-state index is 0.0566. The number of amides is 1. The highest BCUT2D eigenvalue weighted by Gasteiger charge is 2.14. The van der Waals surface area contributed by atoms with Gasteiger partial charge < -0.3 is 10.1 Å². The average Bonchev–Trinajstić information content (AvgIpc) is 2.68. The number of nitrogens with zero attached hydrogens (tertiary/aromatic N) is 1. The lowest BCUT2D eigenvalue weighted by Crippen LogP contribution is -2.14. The van der Waals surface area contributed by atoms with Crippen LogP contribution in [0.25, 0.3) is 16.8 Å². The van der Waals surface area contributed by atoms with Gasteiger partial charge in [0.05, 0.1) is 22.8 Å². The van der Waals surface area contributed by atoms with Gasteiger partial charge in [-0.1, -0.05) is 47.5 Å². The number of para-hydroxylation sites is 1. The maximum atomic E-state index is 12.5.